The maximum atomic E-state index is 5.55. The molecule has 1 N–H and O–H groups in total. The van der Waals surface area contributed by atoms with Crippen LogP contribution in [0, 0.1) is 11.3 Å². The zero-order valence-electron chi connectivity index (χ0n) is 19.6. The minimum atomic E-state index is 0.302. The molecule has 2 aromatic carbocycles. The van der Waals surface area contributed by atoms with Crippen LogP contribution in [0.2, 0.25) is 0 Å². The summed E-state index contributed by atoms with van der Waals surface area (Å²) in [5.74, 6) is 3.07. The van der Waals surface area contributed by atoms with Gasteiger partial charge in [0, 0.05) is 13.1 Å². The van der Waals surface area contributed by atoms with Crippen molar-refractivity contribution in [2.45, 2.75) is 77.7 Å². The van der Waals surface area contributed by atoms with Gasteiger partial charge in [-0.2, -0.15) is 0 Å². The van der Waals surface area contributed by atoms with Crippen molar-refractivity contribution in [3.63, 3.8) is 0 Å². The third kappa shape index (κ3) is 3.65. The number of benzene rings is 2. The minimum Gasteiger partial charge on any atom is -0.454 e. The third-order valence-corrected chi connectivity index (χ3v) is 8.46. The van der Waals surface area contributed by atoms with Crippen molar-refractivity contribution in [1.82, 2.24) is 5.32 Å². The molecule has 31 heavy (non-hydrogen) atoms. The smallest absolute Gasteiger partial charge is 0.231 e. The largest absolute Gasteiger partial charge is 0.454 e. The Hall–Kier alpha value is -2.00. The molecule has 3 atom stereocenters. The number of hydrogen-bond acceptors (Lipinski definition) is 3. The lowest BCUT2D eigenvalue weighted by Gasteiger charge is -2.55. The van der Waals surface area contributed by atoms with Gasteiger partial charge in [-0.3, -0.25) is 0 Å². The van der Waals surface area contributed by atoms with Crippen molar-refractivity contribution in [2.75, 3.05) is 13.3 Å². The monoisotopic (exact) mass is 419 g/mol. The molecule has 2 aliphatic carbocycles. The number of rotatable bonds is 5. The van der Waals surface area contributed by atoms with E-state index in [2.05, 4.69) is 63.3 Å². The van der Waals surface area contributed by atoms with E-state index in [1.165, 1.54) is 43.2 Å². The van der Waals surface area contributed by atoms with Crippen molar-refractivity contribution >= 4 is 0 Å². The van der Waals surface area contributed by atoms with E-state index in [0.717, 1.165) is 30.5 Å². The van der Waals surface area contributed by atoms with Crippen LogP contribution in [0.4, 0.5) is 0 Å². The average Bonchev–Trinajstić information content (AvgIpc) is 3.21. The lowest BCUT2D eigenvalue weighted by molar-refractivity contribution is 0.0257. The molecule has 2 aromatic rings. The van der Waals surface area contributed by atoms with E-state index in [-0.39, 0.29) is 0 Å². The van der Waals surface area contributed by atoms with Gasteiger partial charge in [-0.15, -0.1) is 0 Å². The van der Waals surface area contributed by atoms with E-state index in [9.17, 15) is 0 Å². The summed E-state index contributed by atoms with van der Waals surface area (Å²) >= 11 is 0. The lowest BCUT2D eigenvalue weighted by Crippen LogP contribution is -2.52. The second kappa shape index (κ2) is 7.85. The Morgan fingerprint density at radius 1 is 1.03 bits per heavy atom. The standard InChI is InChI=1S/C28H37NO2/c1-19(2)21-7-9-23-22(15-21)8-11-26-27(3,12-5-13-28(23,26)4)17-29-16-20-6-10-24-25(14-20)31-18-30-24/h6-7,9-10,14-15,19,26,29H,5,8,11-13,16-18H2,1-4H3/t26-,27-,28-/m1/s1. The van der Waals surface area contributed by atoms with Crippen molar-refractivity contribution in [3.8, 4) is 11.5 Å². The molecular formula is C28H37NO2. The molecule has 5 rings (SSSR count). The van der Waals surface area contributed by atoms with E-state index >= 15 is 0 Å². The van der Waals surface area contributed by atoms with Crippen LogP contribution in [0.1, 0.15) is 81.5 Å². The van der Waals surface area contributed by atoms with Gasteiger partial charge in [0.1, 0.15) is 0 Å². The van der Waals surface area contributed by atoms with Crippen LogP contribution in [0.5, 0.6) is 11.5 Å². The Morgan fingerprint density at radius 2 is 1.87 bits per heavy atom. The molecule has 166 valence electrons. The molecule has 3 nitrogen and oxygen atoms in total. The van der Waals surface area contributed by atoms with Crippen LogP contribution in [-0.4, -0.2) is 13.3 Å². The summed E-state index contributed by atoms with van der Waals surface area (Å²) in [6, 6.07) is 13.7. The first kappa shape index (κ1) is 20.9. The summed E-state index contributed by atoms with van der Waals surface area (Å²) in [4.78, 5) is 0. The van der Waals surface area contributed by atoms with Crippen molar-refractivity contribution in [2.24, 2.45) is 11.3 Å². The highest BCUT2D eigenvalue weighted by Gasteiger charge is 2.51. The summed E-state index contributed by atoms with van der Waals surface area (Å²) in [6.07, 6.45) is 6.51. The molecule has 1 heterocycles. The number of ether oxygens (including phenoxy) is 2. The average molecular weight is 420 g/mol. The number of hydrogen-bond donors (Lipinski definition) is 1. The van der Waals surface area contributed by atoms with Crippen LogP contribution in [0.3, 0.4) is 0 Å². The van der Waals surface area contributed by atoms with Gasteiger partial charge < -0.3 is 14.8 Å². The first-order valence-corrected chi connectivity index (χ1v) is 12.1. The predicted octanol–water partition coefficient (Wildman–Crippen LogP) is 6.34. The van der Waals surface area contributed by atoms with Crippen LogP contribution in [0.25, 0.3) is 0 Å². The Morgan fingerprint density at radius 3 is 2.71 bits per heavy atom. The van der Waals surface area contributed by atoms with E-state index in [1.54, 1.807) is 11.1 Å². The Balaban J connectivity index is 1.32. The molecule has 0 spiro atoms. The maximum absolute atomic E-state index is 5.55. The van der Waals surface area contributed by atoms with E-state index in [1.807, 2.05) is 6.07 Å². The molecule has 0 unspecified atom stereocenters. The van der Waals surface area contributed by atoms with Crippen molar-refractivity contribution < 1.29 is 9.47 Å². The summed E-state index contributed by atoms with van der Waals surface area (Å²) in [7, 11) is 0. The fourth-order valence-electron chi connectivity index (χ4n) is 6.76. The van der Waals surface area contributed by atoms with Gasteiger partial charge in [0.15, 0.2) is 11.5 Å². The predicted molar refractivity (Wildman–Crippen MR) is 126 cm³/mol. The third-order valence-electron chi connectivity index (χ3n) is 8.46. The van der Waals surface area contributed by atoms with Crippen LogP contribution in [-0.2, 0) is 18.4 Å². The van der Waals surface area contributed by atoms with E-state index < -0.39 is 0 Å². The molecule has 1 fully saturated rings. The van der Waals surface area contributed by atoms with Gasteiger partial charge in [0.05, 0.1) is 0 Å². The topological polar surface area (TPSA) is 30.5 Å². The number of aryl methyl sites for hydroxylation is 1. The van der Waals surface area contributed by atoms with Crippen LogP contribution < -0.4 is 14.8 Å². The highest BCUT2D eigenvalue weighted by Crippen LogP contribution is 2.57. The quantitative estimate of drug-likeness (QED) is 0.613. The molecule has 0 amide bonds. The molecule has 0 aromatic heterocycles. The zero-order valence-corrected chi connectivity index (χ0v) is 19.6. The summed E-state index contributed by atoms with van der Waals surface area (Å²) in [6.45, 7) is 12.0. The second-order valence-electron chi connectivity index (χ2n) is 10.9. The summed E-state index contributed by atoms with van der Waals surface area (Å²) in [5.41, 5.74) is 6.64. The van der Waals surface area contributed by atoms with Gasteiger partial charge in [-0.1, -0.05) is 58.4 Å². The van der Waals surface area contributed by atoms with Crippen LogP contribution >= 0.6 is 0 Å². The molecule has 1 aliphatic heterocycles. The highest BCUT2D eigenvalue weighted by molar-refractivity contribution is 5.44. The SMILES string of the molecule is CC(C)c1ccc2c(c1)CC[C@@H]1[C@@](C)(CNCc3ccc4c(c3)OCO4)CCC[C@]21C. The van der Waals surface area contributed by atoms with Gasteiger partial charge in [-0.25, -0.2) is 0 Å². The van der Waals surface area contributed by atoms with Crippen molar-refractivity contribution in [1.29, 1.82) is 0 Å². The normalized spacial score (nSPS) is 29.0. The molecular weight excluding hydrogens is 382 g/mol. The molecule has 3 aliphatic rings. The van der Waals surface area contributed by atoms with Gasteiger partial charge in [-0.05, 0) is 82.7 Å². The van der Waals surface area contributed by atoms with Gasteiger partial charge in [0.25, 0.3) is 0 Å². The van der Waals surface area contributed by atoms with Gasteiger partial charge >= 0.3 is 0 Å². The highest BCUT2D eigenvalue weighted by atomic mass is 16.7. The number of fused-ring (bicyclic) bond motifs is 4. The second-order valence-corrected chi connectivity index (χ2v) is 10.9. The summed E-state index contributed by atoms with van der Waals surface area (Å²) < 4.78 is 11.0. The fraction of sp³-hybridized carbons (Fsp3) is 0.571. The van der Waals surface area contributed by atoms with Crippen LogP contribution in [0.15, 0.2) is 36.4 Å². The zero-order chi connectivity index (χ0) is 21.6. The van der Waals surface area contributed by atoms with E-state index in [0.29, 0.717) is 23.5 Å². The molecule has 3 heteroatoms. The molecule has 0 bridgehead atoms. The van der Waals surface area contributed by atoms with Gasteiger partial charge in [0.2, 0.25) is 6.79 Å². The molecule has 0 saturated heterocycles. The van der Waals surface area contributed by atoms with E-state index in [4.69, 9.17) is 9.47 Å². The molecule has 1 saturated carbocycles. The summed E-state index contributed by atoms with van der Waals surface area (Å²) in [5, 5.41) is 3.80. The fourth-order valence-corrected chi connectivity index (χ4v) is 6.76. The Kier molecular flexibility index (Phi) is 5.29. The minimum absolute atomic E-state index is 0.302. The lowest BCUT2D eigenvalue weighted by atomic mass is 9.49. The maximum Gasteiger partial charge on any atom is 0.231 e. The molecule has 0 radical (unpaired) electrons. The first-order chi connectivity index (χ1) is 14.9. The number of nitrogens with one attached hydrogen (secondary N) is 1. The first-order valence-electron chi connectivity index (χ1n) is 12.1. The van der Waals surface area contributed by atoms with Crippen molar-refractivity contribution in [3.05, 3.63) is 58.7 Å². The Labute approximate surface area is 187 Å². The Bertz CT molecular complexity index is 967.